The van der Waals surface area contributed by atoms with E-state index in [4.69, 9.17) is 0 Å². The number of hydrogen-bond donors (Lipinski definition) is 2. The Morgan fingerprint density at radius 3 is 1.28 bits per heavy atom. The Morgan fingerprint density at radius 1 is 0.377 bits per heavy atom. The number of hydrogen-bond acceptors (Lipinski definition) is 2. The summed E-state index contributed by atoms with van der Waals surface area (Å²) in [7, 11) is 0. The fourth-order valence-electron chi connectivity index (χ4n) is 8.00. The van der Waals surface area contributed by atoms with Crippen LogP contribution < -0.4 is 4.90 Å². The van der Waals surface area contributed by atoms with Crippen LogP contribution in [0.25, 0.3) is 65.8 Å². The van der Waals surface area contributed by atoms with Crippen LogP contribution in [0.2, 0.25) is 0 Å². The highest BCUT2D eigenvalue weighted by atomic mass is 15.2. The predicted molar refractivity (Wildman–Crippen MR) is 222 cm³/mol. The number of fused-ring (bicyclic) bond motifs is 9. The van der Waals surface area contributed by atoms with Crippen molar-refractivity contribution in [1.82, 2.24) is 9.13 Å². The van der Waals surface area contributed by atoms with E-state index in [0.29, 0.717) is 0 Å². The molecule has 0 fully saturated rings. The minimum Gasteiger partial charge on any atom is -0.309 e. The molecule has 2 heterocycles. The van der Waals surface area contributed by atoms with Gasteiger partial charge in [0.05, 0.1) is 22.1 Å². The second-order valence-electron chi connectivity index (χ2n) is 13.3. The van der Waals surface area contributed by atoms with E-state index < -0.39 is 0 Å². The van der Waals surface area contributed by atoms with Crippen LogP contribution in [0.4, 0.5) is 5.69 Å². The summed E-state index contributed by atoms with van der Waals surface area (Å²) >= 11 is 0. The second kappa shape index (κ2) is 12.2. The Labute approximate surface area is 306 Å². The van der Waals surface area contributed by atoms with Crippen LogP contribution in [0, 0.1) is 10.8 Å². The van der Waals surface area contributed by atoms with Crippen LogP contribution in [0.15, 0.2) is 188 Å². The molecule has 0 aliphatic carbocycles. The van der Waals surface area contributed by atoms with E-state index in [2.05, 4.69) is 124 Å². The molecule has 0 radical (unpaired) electrons. The minimum atomic E-state index is 0.242. The van der Waals surface area contributed by atoms with Crippen molar-refractivity contribution < 1.29 is 0 Å². The Kier molecular flexibility index (Phi) is 7.05. The average molecular weight is 680 g/mol. The maximum Gasteiger partial charge on any atom is 0.138 e. The number of rotatable bonds is 5. The van der Waals surface area contributed by atoms with Crippen molar-refractivity contribution in [2.75, 3.05) is 4.90 Å². The number of nitrogens with zero attached hydrogens (tertiary/aromatic N) is 3. The first-order valence-electron chi connectivity index (χ1n) is 17.8. The smallest absolute Gasteiger partial charge is 0.138 e. The van der Waals surface area contributed by atoms with Crippen molar-refractivity contribution in [3.63, 3.8) is 0 Å². The third kappa shape index (κ3) is 4.79. The molecule has 2 N–H and O–H groups in total. The molecule has 0 atom stereocenters. The lowest BCUT2D eigenvalue weighted by Crippen LogP contribution is -2.37. The first kappa shape index (κ1) is 30.6. The summed E-state index contributed by atoms with van der Waals surface area (Å²) in [4.78, 5) is 1.72. The molecular formula is C48H33N5. The second-order valence-corrected chi connectivity index (χ2v) is 13.3. The minimum absolute atomic E-state index is 0.242. The molecule has 2 aromatic heterocycles. The van der Waals surface area contributed by atoms with Crippen molar-refractivity contribution in [1.29, 1.82) is 10.8 Å². The number of amidine groups is 2. The van der Waals surface area contributed by atoms with Gasteiger partial charge in [0.25, 0.3) is 0 Å². The largest absolute Gasteiger partial charge is 0.309 e. The lowest BCUT2D eigenvalue weighted by Gasteiger charge is -2.26. The molecule has 0 unspecified atom stereocenters. The lowest BCUT2D eigenvalue weighted by atomic mass is 10.0. The predicted octanol–water partition coefficient (Wildman–Crippen LogP) is 11.9. The summed E-state index contributed by atoms with van der Waals surface area (Å²) < 4.78 is 4.80. The fraction of sp³-hybridized carbons (Fsp3) is 0. The summed E-state index contributed by atoms with van der Waals surface area (Å²) in [5, 5.41) is 25.8. The molecule has 10 aromatic rings. The molecule has 10 rings (SSSR count). The van der Waals surface area contributed by atoms with E-state index in [0.717, 1.165) is 39.2 Å². The Morgan fingerprint density at radius 2 is 0.792 bits per heavy atom. The van der Waals surface area contributed by atoms with Gasteiger partial charge in [-0.15, -0.1) is 0 Å². The molecule has 5 nitrogen and oxygen atoms in total. The molecule has 0 saturated carbocycles. The highest BCUT2D eigenvalue weighted by Crippen LogP contribution is 2.43. The van der Waals surface area contributed by atoms with Gasteiger partial charge in [0.1, 0.15) is 11.7 Å². The van der Waals surface area contributed by atoms with Crippen molar-refractivity contribution >= 4 is 71.7 Å². The standard InChI is InChI=1S/C48H33N5/c49-47(33-14-4-1-5-15-33)53(48(50)34-16-6-2-7-17-34)37-28-26-36(27-29-37)52-43-23-13-11-21-39(43)41-31-25-32-24-30-40-38-20-10-12-22-42(38)51(35-18-8-3-9-19-35)45(40)44(32)46(41)52/h1-31,49-50H. The molecule has 0 bridgehead atoms. The zero-order valence-corrected chi connectivity index (χ0v) is 28.7. The summed E-state index contributed by atoms with van der Waals surface area (Å²) in [6, 6.07) is 64.6. The van der Waals surface area contributed by atoms with Gasteiger partial charge in [-0.25, -0.2) is 0 Å². The van der Waals surface area contributed by atoms with E-state index in [1.54, 1.807) is 4.90 Å². The SMILES string of the molecule is N=C(c1ccccc1)N(C(=N)c1ccccc1)c1ccc(-n2c3ccccc3c3ccc4ccc5c6ccccc6n(-c6ccccc6)c5c4c32)cc1. The van der Waals surface area contributed by atoms with Crippen LogP contribution in [0.1, 0.15) is 11.1 Å². The summed E-state index contributed by atoms with van der Waals surface area (Å²) in [6.07, 6.45) is 0. The first-order valence-corrected chi connectivity index (χ1v) is 17.8. The van der Waals surface area contributed by atoms with Crippen molar-refractivity contribution in [3.05, 3.63) is 199 Å². The van der Waals surface area contributed by atoms with Gasteiger partial charge in [-0.1, -0.05) is 140 Å². The van der Waals surface area contributed by atoms with Gasteiger partial charge in [-0.3, -0.25) is 15.7 Å². The monoisotopic (exact) mass is 679 g/mol. The van der Waals surface area contributed by atoms with Crippen molar-refractivity contribution in [3.8, 4) is 11.4 Å². The molecule has 0 aliphatic rings. The van der Waals surface area contributed by atoms with Gasteiger partial charge < -0.3 is 9.13 Å². The Bertz CT molecular complexity index is 2960. The maximum atomic E-state index is 9.29. The molecule has 250 valence electrons. The molecule has 8 aromatic carbocycles. The van der Waals surface area contributed by atoms with Gasteiger partial charge in [0.2, 0.25) is 0 Å². The zero-order chi connectivity index (χ0) is 35.5. The van der Waals surface area contributed by atoms with Gasteiger partial charge in [0.15, 0.2) is 0 Å². The molecule has 53 heavy (non-hydrogen) atoms. The summed E-state index contributed by atoms with van der Waals surface area (Å²) in [6.45, 7) is 0. The number of aromatic nitrogens is 2. The highest BCUT2D eigenvalue weighted by molar-refractivity contribution is 6.29. The van der Waals surface area contributed by atoms with E-state index >= 15 is 0 Å². The number of anilines is 1. The molecule has 0 aliphatic heterocycles. The number of benzene rings is 8. The topological polar surface area (TPSA) is 60.8 Å². The molecule has 0 saturated heterocycles. The molecular weight excluding hydrogens is 647 g/mol. The normalized spacial score (nSPS) is 11.5. The molecule has 0 amide bonds. The average Bonchev–Trinajstić information content (AvgIpc) is 3.75. The Hall–Kier alpha value is -7.24. The molecule has 0 spiro atoms. The van der Waals surface area contributed by atoms with Gasteiger partial charge in [0, 0.05) is 55.1 Å². The van der Waals surface area contributed by atoms with E-state index in [1.165, 1.54) is 43.4 Å². The van der Waals surface area contributed by atoms with E-state index in [1.807, 2.05) is 72.8 Å². The Balaban J connectivity index is 1.24. The number of nitrogens with one attached hydrogen (secondary N) is 2. The van der Waals surface area contributed by atoms with Crippen LogP contribution in [0.5, 0.6) is 0 Å². The lowest BCUT2D eigenvalue weighted by molar-refractivity contribution is 1.17. The summed E-state index contributed by atoms with van der Waals surface area (Å²) in [5.74, 6) is 0.484. The van der Waals surface area contributed by atoms with Gasteiger partial charge in [-0.05, 0) is 53.9 Å². The fourth-order valence-corrected chi connectivity index (χ4v) is 8.00. The van der Waals surface area contributed by atoms with E-state index in [-0.39, 0.29) is 11.7 Å². The van der Waals surface area contributed by atoms with Crippen LogP contribution in [-0.2, 0) is 0 Å². The van der Waals surface area contributed by atoms with Crippen molar-refractivity contribution in [2.45, 2.75) is 0 Å². The quantitative estimate of drug-likeness (QED) is 0.138. The third-order valence-corrected chi connectivity index (χ3v) is 10.4. The van der Waals surface area contributed by atoms with E-state index in [9.17, 15) is 10.8 Å². The van der Waals surface area contributed by atoms with Gasteiger partial charge >= 0.3 is 0 Å². The summed E-state index contributed by atoms with van der Waals surface area (Å²) in [5.41, 5.74) is 8.97. The van der Waals surface area contributed by atoms with Gasteiger partial charge in [-0.2, -0.15) is 0 Å². The number of para-hydroxylation sites is 3. The zero-order valence-electron chi connectivity index (χ0n) is 28.7. The van der Waals surface area contributed by atoms with Crippen LogP contribution in [-0.4, -0.2) is 20.8 Å². The highest BCUT2D eigenvalue weighted by Gasteiger charge is 2.23. The first-order chi connectivity index (χ1) is 26.2. The molecule has 5 heteroatoms. The van der Waals surface area contributed by atoms with Crippen LogP contribution >= 0.6 is 0 Å². The maximum absolute atomic E-state index is 9.29. The van der Waals surface area contributed by atoms with Crippen LogP contribution in [0.3, 0.4) is 0 Å². The van der Waals surface area contributed by atoms with Crippen molar-refractivity contribution in [2.24, 2.45) is 0 Å². The third-order valence-electron chi connectivity index (χ3n) is 10.4.